The molecule has 1 heterocycles. The van der Waals surface area contributed by atoms with Gasteiger partial charge in [0.2, 0.25) is 0 Å². The van der Waals surface area contributed by atoms with E-state index in [-0.39, 0.29) is 5.78 Å². The van der Waals surface area contributed by atoms with Gasteiger partial charge >= 0.3 is 0 Å². The Kier molecular flexibility index (Phi) is 6.53. The molecule has 1 aliphatic heterocycles. The van der Waals surface area contributed by atoms with Crippen LogP contribution in [0.4, 0.5) is 0 Å². The summed E-state index contributed by atoms with van der Waals surface area (Å²) in [7, 11) is 0. The maximum Gasteiger partial charge on any atom is 0.176 e. The van der Waals surface area contributed by atoms with Crippen molar-refractivity contribution in [1.82, 2.24) is 4.90 Å². The topological polar surface area (TPSA) is 20.3 Å². The van der Waals surface area contributed by atoms with Crippen LogP contribution in [0.15, 0.2) is 18.2 Å². The first-order valence-corrected chi connectivity index (χ1v) is 8.56. The number of rotatable bonds is 5. The van der Waals surface area contributed by atoms with Gasteiger partial charge in [-0.15, -0.1) is 0 Å². The average molecular weight is 328 g/mol. The van der Waals surface area contributed by atoms with Gasteiger partial charge in [-0.2, -0.15) is 0 Å². The molecule has 0 aliphatic carbocycles. The van der Waals surface area contributed by atoms with Crippen LogP contribution in [-0.4, -0.2) is 30.3 Å². The van der Waals surface area contributed by atoms with Gasteiger partial charge in [0.1, 0.15) is 0 Å². The molecule has 1 aromatic carbocycles. The van der Waals surface area contributed by atoms with Crippen molar-refractivity contribution in [3.05, 3.63) is 33.8 Å². The predicted octanol–water partition coefficient (Wildman–Crippen LogP) is 5.08. The van der Waals surface area contributed by atoms with Crippen molar-refractivity contribution in [2.75, 3.05) is 19.6 Å². The van der Waals surface area contributed by atoms with Crippen molar-refractivity contribution < 1.29 is 4.79 Å². The third-order valence-electron chi connectivity index (χ3n) is 4.25. The van der Waals surface area contributed by atoms with E-state index in [1.807, 2.05) is 0 Å². The molecular weight excluding hydrogens is 305 g/mol. The summed E-state index contributed by atoms with van der Waals surface area (Å²) in [5, 5.41) is 0.937. The molecule has 1 atom stereocenters. The Hall–Kier alpha value is -0.570. The zero-order chi connectivity index (χ0) is 15.2. The van der Waals surface area contributed by atoms with Gasteiger partial charge in [0.05, 0.1) is 16.6 Å². The van der Waals surface area contributed by atoms with E-state index in [1.54, 1.807) is 18.2 Å². The standard InChI is InChI=1S/C17H23Cl2NO/c1-2-4-13-5-3-9-20(10-8-13)12-17(21)14-6-7-15(18)16(19)11-14/h6-7,11,13H,2-5,8-10,12H2,1H3. The minimum absolute atomic E-state index is 0.127. The van der Waals surface area contributed by atoms with E-state index in [0.717, 1.165) is 19.0 Å². The Morgan fingerprint density at radius 2 is 2.05 bits per heavy atom. The number of halogens is 2. The van der Waals surface area contributed by atoms with E-state index in [1.165, 1.54) is 32.1 Å². The zero-order valence-corrected chi connectivity index (χ0v) is 14.1. The molecule has 1 fully saturated rings. The fraction of sp³-hybridized carbons (Fsp3) is 0.588. The van der Waals surface area contributed by atoms with Gasteiger partial charge in [0.25, 0.3) is 0 Å². The van der Waals surface area contributed by atoms with Gasteiger partial charge in [-0.1, -0.05) is 43.0 Å². The minimum atomic E-state index is 0.127. The first kappa shape index (κ1) is 16.8. The molecular formula is C17H23Cl2NO. The maximum absolute atomic E-state index is 12.4. The molecule has 0 amide bonds. The molecule has 0 radical (unpaired) electrons. The van der Waals surface area contributed by atoms with Gasteiger partial charge in [-0.05, 0) is 56.5 Å². The highest BCUT2D eigenvalue weighted by molar-refractivity contribution is 6.42. The summed E-state index contributed by atoms with van der Waals surface area (Å²) in [6.45, 7) is 4.78. The molecule has 2 nitrogen and oxygen atoms in total. The second-order valence-corrected chi connectivity index (χ2v) is 6.73. The highest BCUT2D eigenvalue weighted by Gasteiger charge is 2.19. The van der Waals surface area contributed by atoms with E-state index in [2.05, 4.69) is 11.8 Å². The molecule has 116 valence electrons. The fourth-order valence-electron chi connectivity index (χ4n) is 3.04. The third-order valence-corrected chi connectivity index (χ3v) is 4.99. The van der Waals surface area contributed by atoms with Crippen LogP contribution in [0.5, 0.6) is 0 Å². The van der Waals surface area contributed by atoms with Crippen LogP contribution in [-0.2, 0) is 0 Å². The van der Waals surface area contributed by atoms with Crippen molar-refractivity contribution in [3.8, 4) is 0 Å². The Labute approximate surface area is 137 Å². The summed E-state index contributed by atoms with van der Waals surface area (Å²) in [5.74, 6) is 0.961. The lowest BCUT2D eigenvalue weighted by atomic mass is 9.96. The van der Waals surface area contributed by atoms with Crippen molar-refractivity contribution in [2.45, 2.75) is 39.0 Å². The number of likely N-dealkylation sites (tertiary alicyclic amines) is 1. The van der Waals surface area contributed by atoms with Crippen LogP contribution in [0, 0.1) is 5.92 Å². The Bertz CT molecular complexity index is 490. The normalized spacial score (nSPS) is 20.2. The van der Waals surface area contributed by atoms with Crippen molar-refractivity contribution in [3.63, 3.8) is 0 Å². The van der Waals surface area contributed by atoms with E-state index < -0.39 is 0 Å². The fourth-order valence-corrected chi connectivity index (χ4v) is 3.34. The van der Waals surface area contributed by atoms with Crippen LogP contribution >= 0.6 is 23.2 Å². The molecule has 0 aromatic heterocycles. The molecule has 0 N–H and O–H groups in total. The van der Waals surface area contributed by atoms with Crippen molar-refractivity contribution in [2.24, 2.45) is 5.92 Å². The lowest BCUT2D eigenvalue weighted by Crippen LogP contribution is -2.31. The molecule has 0 saturated carbocycles. The Morgan fingerprint density at radius 1 is 1.24 bits per heavy atom. The lowest BCUT2D eigenvalue weighted by Gasteiger charge is -2.19. The molecule has 1 aromatic rings. The van der Waals surface area contributed by atoms with E-state index >= 15 is 0 Å². The number of benzene rings is 1. The second-order valence-electron chi connectivity index (χ2n) is 5.91. The Balaban J connectivity index is 1.91. The summed E-state index contributed by atoms with van der Waals surface area (Å²) in [5.41, 5.74) is 0.652. The quantitative estimate of drug-likeness (QED) is 0.703. The maximum atomic E-state index is 12.4. The molecule has 1 aliphatic rings. The monoisotopic (exact) mass is 327 g/mol. The minimum Gasteiger partial charge on any atom is -0.296 e. The van der Waals surface area contributed by atoms with Crippen LogP contribution in [0.1, 0.15) is 49.4 Å². The first-order chi connectivity index (χ1) is 10.1. The number of ketones is 1. The molecule has 1 unspecified atom stereocenters. The first-order valence-electron chi connectivity index (χ1n) is 7.80. The molecule has 21 heavy (non-hydrogen) atoms. The predicted molar refractivity (Wildman–Crippen MR) is 89.5 cm³/mol. The summed E-state index contributed by atoms with van der Waals surface area (Å²) in [6, 6.07) is 5.12. The van der Waals surface area contributed by atoms with E-state index in [9.17, 15) is 4.79 Å². The van der Waals surface area contributed by atoms with Crippen LogP contribution in [0.25, 0.3) is 0 Å². The van der Waals surface area contributed by atoms with E-state index in [4.69, 9.17) is 23.2 Å². The van der Waals surface area contributed by atoms with Gasteiger partial charge in [0.15, 0.2) is 5.78 Å². The van der Waals surface area contributed by atoms with Crippen LogP contribution < -0.4 is 0 Å². The van der Waals surface area contributed by atoms with Gasteiger partial charge in [-0.3, -0.25) is 9.69 Å². The Morgan fingerprint density at radius 3 is 2.76 bits per heavy atom. The second kappa shape index (κ2) is 8.17. The van der Waals surface area contributed by atoms with Gasteiger partial charge in [0, 0.05) is 5.56 Å². The number of Topliss-reactive ketones (excluding diaryl/α,β-unsaturated/α-hetero) is 1. The average Bonchev–Trinajstić information content (AvgIpc) is 2.68. The summed E-state index contributed by atoms with van der Waals surface area (Å²) >= 11 is 11.9. The molecule has 2 rings (SSSR count). The smallest absolute Gasteiger partial charge is 0.176 e. The summed E-state index contributed by atoms with van der Waals surface area (Å²) < 4.78 is 0. The largest absolute Gasteiger partial charge is 0.296 e. The van der Waals surface area contributed by atoms with Gasteiger partial charge < -0.3 is 0 Å². The number of carbonyl (C=O) groups excluding carboxylic acids is 1. The molecule has 0 spiro atoms. The number of carbonyl (C=O) groups is 1. The molecule has 4 heteroatoms. The van der Waals surface area contributed by atoms with Crippen LogP contribution in [0.2, 0.25) is 10.0 Å². The van der Waals surface area contributed by atoms with Crippen molar-refractivity contribution in [1.29, 1.82) is 0 Å². The molecule has 0 bridgehead atoms. The number of hydrogen-bond acceptors (Lipinski definition) is 2. The SMILES string of the molecule is CCCC1CCCN(CC(=O)c2ccc(Cl)c(Cl)c2)CC1. The number of nitrogens with zero attached hydrogens (tertiary/aromatic N) is 1. The van der Waals surface area contributed by atoms with Gasteiger partial charge in [-0.25, -0.2) is 0 Å². The summed E-state index contributed by atoms with van der Waals surface area (Å²) in [4.78, 5) is 14.6. The highest BCUT2D eigenvalue weighted by atomic mass is 35.5. The number of hydrogen-bond donors (Lipinski definition) is 0. The third kappa shape index (κ3) is 4.98. The summed E-state index contributed by atoms with van der Waals surface area (Å²) in [6.07, 6.45) is 6.27. The lowest BCUT2D eigenvalue weighted by molar-refractivity contribution is 0.0932. The van der Waals surface area contributed by atoms with Crippen LogP contribution in [0.3, 0.4) is 0 Å². The highest BCUT2D eigenvalue weighted by Crippen LogP contribution is 2.24. The zero-order valence-electron chi connectivity index (χ0n) is 12.6. The van der Waals surface area contributed by atoms with Crippen molar-refractivity contribution >= 4 is 29.0 Å². The van der Waals surface area contributed by atoms with E-state index in [0.29, 0.717) is 22.2 Å². The molecule has 1 saturated heterocycles.